The second-order valence-electron chi connectivity index (χ2n) is 6.70. The fourth-order valence-electron chi connectivity index (χ4n) is 4.11. The zero-order chi connectivity index (χ0) is 11.7. The first-order valence-corrected chi connectivity index (χ1v) is 6.40. The van der Waals surface area contributed by atoms with Crippen molar-refractivity contribution in [3.8, 4) is 0 Å². The van der Waals surface area contributed by atoms with Gasteiger partial charge >= 0.3 is 0 Å². The normalized spacial score (nSPS) is 54.8. The van der Waals surface area contributed by atoms with Gasteiger partial charge < -0.3 is 4.74 Å². The molecule has 3 nitrogen and oxygen atoms in total. The Morgan fingerprint density at radius 1 is 0.812 bits per heavy atom. The van der Waals surface area contributed by atoms with Crippen molar-refractivity contribution < 1.29 is 14.5 Å². The van der Waals surface area contributed by atoms with Gasteiger partial charge in [-0.2, -0.15) is 0 Å². The fourth-order valence-corrected chi connectivity index (χ4v) is 4.11. The second-order valence-corrected chi connectivity index (χ2v) is 6.70. The lowest BCUT2D eigenvalue weighted by atomic mass is 9.55. The topological polar surface area (TPSA) is 27.7 Å². The minimum atomic E-state index is -0.524. The van der Waals surface area contributed by atoms with Crippen LogP contribution >= 0.6 is 0 Å². The smallest absolute Gasteiger partial charge is 0.199 e. The largest absolute Gasteiger partial charge is 0.338 e. The molecule has 1 spiro atoms. The van der Waals surface area contributed by atoms with Gasteiger partial charge in [0.15, 0.2) is 5.79 Å². The molecular weight excluding hydrogens is 204 g/mol. The van der Waals surface area contributed by atoms with Crippen molar-refractivity contribution >= 4 is 0 Å². The van der Waals surface area contributed by atoms with Crippen LogP contribution in [-0.2, 0) is 14.5 Å². The van der Waals surface area contributed by atoms with Crippen molar-refractivity contribution in [3.05, 3.63) is 0 Å². The highest BCUT2D eigenvalue weighted by Crippen LogP contribution is 2.62. The molecule has 3 heteroatoms. The summed E-state index contributed by atoms with van der Waals surface area (Å²) < 4.78 is 6.24. The van der Waals surface area contributed by atoms with Gasteiger partial charge in [-0.25, -0.2) is 9.78 Å². The Bertz CT molecular complexity index is 315. The van der Waals surface area contributed by atoms with Gasteiger partial charge in [0.1, 0.15) is 11.2 Å². The van der Waals surface area contributed by atoms with Crippen LogP contribution in [0.1, 0.15) is 59.8 Å². The first-order valence-electron chi connectivity index (χ1n) is 6.40. The molecule has 16 heavy (non-hydrogen) atoms. The Balaban J connectivity index is 2.07. The molecule has 0 amide bonds. The van der Waals surface area contributed by atoms with E-state index in [-0.39, 0.29) is 16.6 Å². The van der Waals surface area contributed by atoms with E-state index in [4.69, 9.17) is 14.5 Å². The second kappa shape index (κ2) is 2.82. The SMILES string of the molecule is CC1(C)CCC[C@@]2(C)O[C@]3(C)CC[C@]12OO3. The van der Waals surface area contributed by atoms with Gasteiger partial charge in [0.05, 0.1) is 0 Å². The monoisotopic (exact) mass is 226 g/mol. The predicted molar refractivity (Wildman–Crippen MR) is 59.7 cm³/mol. The van der Waals surface area contributed by atoms with E-state index in [1.54, 1.807) is 0 Å². The van der Waals surface area contributed by atoms with Gasteiger partial charge in [0.25, 0.3) is 0 Å². The number of hydrogen-bond donors (Lipinski definition) is 0. The Labute approximate surface area is 97.4 Å². The molecule has 1 aliphatic carbocycles. The molecule has 0 aromatic carbocycles. The molecule has 0 unspecified atom stereocenters. The van der Waals surface area contributed by atoms with Crippen LogP contribution in [0.3, 0.4) is 0 Å². The van der Waals surface area contributed by atoms with E-state index < -0.39 is 5.79 Å². The Hall–Kier alpha value is -0.120. The molecule has 4 rings (SSSR count). The summed E-state index contributed by atoms with van der Waals surface area (Å²) in [5.74, 6) is -0.524. The molecule has 0 radical (unpaired) electrons. The minimum Gasteiger partial charge on any atom is -0.338 e. The van der Waals surface area contributed by atoms with Crippen molar-refractivity contribution in [2.45, 2.75) is 76.8 Å². The van der Waals surface area contributed by atoms with E-state index in [0.717, 1.165) is 19.3 Å². The van der Waals surface area contributed by atoms with Crippen molar-refractivity contribution in [1.29, 1.82) is 0 Å². The third-order valence-corrected chi connectivity index (χ3v) is 5.14. The average Bonchev–Trinajstić information content (AvgIpc) is 2.15. The van der Waals surface area contributed by atoms with Gasteiger partial charge in [-0.1, -0.05) is 13.8 Å². The summed E-state index contributed by atoms with van der Waals surface area (Å²) in [6.45, 7) is 8.76. The highest BCUT2D eigenvalue weighted by molar-refractivity contribution is 5.14. The third kappa shape index (κ3) is 1.09. The lowest BCUT2D eigenvalue weighted by Gasteiger charge is -2.66. The van der Waals surface area contributed by atoms with Crippen LogP contribution in [0.2, 0.25) is 0 Å². The van der Waals surface area contributed by atoms with E-state index in [9.17, 15) is 0 Å². The standard InChI is InChI=1S/C13H22O3/c1-10(2)6-5-7-11(3)13(10)9-8-12(4,14-11)15-16-13/h5-9H2,1-4H3/t11-,12+,13+/m1/s1. The summed E-state index contributed by atoms with van der Waals surface area (Å²) in [5.41, 5.74) is -0.308. The van der Waals surface area contributed by atoms with Gasteiger partial charge in [-0.3, -0.25) is 0 Å². The summed E-state index contributed by atoms with van der Waals surface area (Å²) in [6, 6.07) is 0. The lowest BCUT2D eigenvalue weighted by Crippen LogP contribution is -2.75. The molecule has 0 aromatic rings. The van der Waals surface area contributed by atoms with E-state index in [1.807, 2.05) is 6.92 Å². The Kier molecular flexibility index (Phi) is 1.94. The maximum Gasteiger partial charge on any atom is 0.199 e. The van der Waals surface area contributed by atoms with Crippen LogP contribution < -0.4 is 0 Å². The number of hydrogen-bond acceptors (Lipinski definition) is 3. The zero-order valence-electron chi connectivity index (χ0n) is 10.8. The van der Waals surface area contributed by atoms with E-state index in [1.165, 1.54) is 12.8 Å². The van der Waals surface area contributed by atoms with Crippen molar-refractivity contribution in [2.75, 3.05) is 0 Å². The molecule has 3 atom stereocenters. The molecule has 3 saturated heterocycles. The molecule has 0 N–H and O–H groups in total. The maximum atomic E-state index is 6.24. The molecule has 2 bridgehead atoms. The molecule has 0 aromatic heterocycles. The summed E-state index contributed by atoms with van der Waals surface area (Å²) in [5, 5.41) is 0. The van der Waals surface area contributed by atoms with Crippen LogP contribution in [0, 0.1) is 5.41 Å². The van der Waals surface area contributed by atoms with Crippen molar-refractivity contribution in [2.24, 2.45) is 5.41 Å². The van der Waals surface area contributed by atoms with E-state index >= 15 is 0 Å². The van der Waals surface area contributed by atoms with Gasteiger partial charge in [-0.05, 0) is 44.9 Å². The number of fused-ring (bicyclic) bond motifs is 2. The highest BCUT2D eigenvalue weighted by atomic mass is 17.3. The first kappa shape index (κ1) is 11.0. The van der Waals surface area contributed by atoms with Crippen molar-refractivity contribution in [3.63, 3.8) is 0 Å². The van der Waals surface area contributed by atoms with E-state index in [0.29, 0.717) is 0 Å². The quantitative estimate of drug-likeness (QED) is 0.594. The molecular formula is C13H22O3. The summed E-state index contributed by atoms with van der Waals surface area (Å²) in [6.07, 6.45) is 5.46. The molecule has 92 valence electrons. The minimum absolute atomic E-state index is 0.127. The van der Waals surface area contributed by atoms with Crippen LogP contribution in [0.15, 0.2) is 0 Å². The van der Waals surface area contributed by atoms with Crippen LogP contribution in [0.5, 0.6) is 0 Å². The fraction of sp³-hybridized carbons (Fsp3) is 1.00. The highest BCUT2D eigenvalue weighted by Gasteiger charge is 2.70. The summed E-state index contributed by atoms with van der Waals surface area (Å²) in [7, 11) is 0. The summed E-state index contributed by atoms with van der Waals surface area (Å²) in [4.78, 5) is 11.4. The van der Waals surface area contributed by atoms with E-state index in [2.05, 4.69) is 20.8 Å². The zero-order valence-corrected chi connectivity index (χ0v) is 10.8. The van der Waals surface area contributed by atoms with Crippen LogP contribution in [-0.4, -0.2) is 17.0 Å². The molecule has 3 aliphatic heterocycles. The molecule has 1 saturated carbocycles. The molecule has 4 aliphatic rings. The Morgan fingerprint density at radius 3 is 2.19 bits per heavy atom. The first-order chi connectivity index (χ1) is 7.33. The van der Waals surface area contributed by atoms with Crippen LogP contribution in [0.25, 0.3) is 0 Å². The number of rotatable bonds is 0. The lowest BCUT2D eigenvalue weighted by molar-refractivity contribution is -0.587. The third-order valence-electron chi connectivity index (χ3n) is 5.14. The maximum absolute atomic E-state index is 6.24. The molecule has 3 heterocycles. The average molecular weight is 226 g/mol. The van der Waals surface area contributed by atoms with Gasteiger partial charge in [-0.15, -0.1) is 0 Å². The summed E-state index contributed by atoms with van der Waals surface area (Å²) >= 11 is 0. The molecule has 4 fully saturated rings. The van der Waals surface area contributed by atoms with Crippen molar-refractivity contribution in [1.82, 2.24) is 0 Å². The predicted octanol–water partition coefficient (Wildman–Crippen LogP) is 3.18. The van der Waals surface area contributed by atoms with Crippen LogP contribution in [0.4, 0.5) is 0 Å². The van der Waals surface area contributed by atoms with Gasteiger partial charge in [0, 0.05) is 6.42 Å². The number of ether oxygens (including phenoxy) is 1. The Morgan fingerprint density at radius 2 is 1.56 bits per heavy atom. The van der Waals surface area contributed by atoms with Gasteiger partial charge in [0.2, 0.25) is 0 Å².